The van der Waals surface area contributed by atoms with Crippen molar-refractivity contribution in [2.24, 2.45) is 0 Å². The van der Waals surface area contributed by atoms with E-state index in [-0.39, 0.29) is 0 Å². The zero-order valence-electron chi connectivity index (χ0n) is 29.1. The van der Waals surface area contributed by atoms with Crippen molar-refractivity contribution in [3.05, 3.63) is 181 Å². The number of hydrogen-bond acceptors (Lipinski definition) is 0. The van der Waals surface area contributed by atoms with Crippen LogP contribution in [0.3, 0.4) is 0 Å². The Bertz CT molecular complexity index is 2610. The van der Waals surface area contributed by atoms with Gasteiger partial charge in [0.2, 0.25) is 0 Å². The zero-order chi connectivity index (χ0) is 34.1. The molecule has 0 unspecified atom stereocenters. The van der Waals surface area contributed by atoms with Gasteiger partial charge < -0.3 is 9.13 Å². The SMILES string of the molecule is C=C/C(=C\C(=C/CC1=CCCC=C1)C1=CCCCC1)n1c2ccccc2c2cc(-c3ccc4c(c3)c3ccccc3n4-c3ccccc3)ccc21. The summed E-state index contributed by atoms with van der Waals surface area (Å²) >= 11 is 0. The number of para-hydroxylation sites is 3. The number of aromatic nitrogens is 2. The van der Waals surface area contributed by atoms with Crippen molar-refractivity contribution in [3.63, 3.8) is 0 Å². The van der Waals surface area contributed by atoms with Crippen LogP contribution in [0.1, 0.15) is 44.9 Å². The highest BCUT2D eigenvalue weighted by Crippen LogP contribution is 2.39. The molecule has 51 heavy (non-hydrogen) atoms. The van der Waals surface area contributed by atoms with Crippen molar-refractivity contribution in [3.8, 4) is 16.8 Å². The molecular weight excluding hydrogens is 617 g/mol. The molecule has 2 aromatic heterocycles. The predicted molar refractivity (Wildman–Crippen MR) is 219 cm³/mol. The van der Waals surface area contributed by atoms with E-state index in [0.717, 1.165) is 37.8 Å². The molecule has 0 fully saturated rings. The van der Waals surface area contributed by atoms with E-state index >= 15 is 0 Å². The second-order valence-corrected chi connectivity index (χ2v) is 13.9. The van der Waals surface area contributed by atoms with E-state index in [1.807, 2.05) is 6.08 Å². The molecule has 0 radical (unpaired) electrons. The molecule has 0 bridgehead atoms. The third-order valence-corrected chi connectivity index (χ3v) is 10.8. The van der Waals surface area contributed by atoms with Crippen molar-refractivity contribution >= 4 is 49.3 Å². The highest BCUT2D eigenvalue weighted by Gasteiger charge is 2.17. The van der Waals surface area contributed by atoms with Crippen LogP contribution in [-0.4, -0.2) is 9.13 Å². The lowest BCUT2D eigenvalue weighted by Gasteiger charge is -2.17. The molecule has 2 heterocycles. The van der Waals surface area contributed by atoms with Gasteiger partial charge in [0.05, 0.1) is 22.1 Å². The van der Waals surface area contributed by atoms with Gasteiger partial charge in [-0.15, -0.1) is 0 Å². The van der Waals surface area contributed by atoms with Crippen LogP contribution in [0.5, 0.6) is 0 Å². The van der Waals surface area contributed by atoms with Crippen molar-refractivity contribution in [2.45, 2.75) is 44.9 Å². The molecule has 0 N–H and O–H groups in total. The zero-order valence-corrected chi connectivity index (χ0v) is 29.1. The van der Waals surface area contributed by atoms with Gasteiger partial charge in [0, 0.05) is 32.9 Å². The molecule has 2 heteroatoms. The lowest BCUT2D eigenvalue weighted by atomic mass is 9.91. The van der Waals surface area contributed by atoms with Crippen LogP contribution in [0, 0.1) is 0 Å². The van der Waals surface area contributed by atoms with Crippen LogP contribution < -0.4 is 0 Å². The Morgan fingerprint density at radius 2 is 1.29 bits per heavy atom. The Balaban J connectivity index is 1.17. The smallest absolute Gasteiger partial charge is 0.0541 e. The van der Waals surface area contributed by atoms with Crippen LogP contribution in [0.4, 0.5) is 0 Å². The van der Waals surface area contributed by atoms with Gasteiger partial charge in [-0.1, -0.05) is 104 Å². The second kappa shape index (κ2) is 13.5. The summed E-state index contributed by atoms with van der Waals surface area (Å²) in [5.74, 6) is 0. The molecule has 2 aliphatic carbocycles. The molecule has 2 nitrogen and oxygen atoms in total. The van der Waals surface area contributed by atoms with Gasteiger partial charge >= 0.3 is 0 Å². The van der Waals surface area contributed by atoms with Gasteiger partial charge in [0.1, 0.15) is 0 Å². The van der Waals surface area contributed by atoms with Crippen molar-refractivity contribution in [1.29, 1.82) is 0 Å². The van der Waals surface area contributed by atoms with Crippen molar-refractivity contribution < 1.29 is 0 Å². The summed E-state index contributed by atoms with van der Waals surface area (Å²) in [5, 5.41) is 5.04. The lowest BCUT2D eigenvalue weighted by Crippen LogP contribution is -1.99. The van der Waals surface area contributed by atoms with Crippen LogP contribution >= 0.6 is 0 Å². The first-order chi connectivity index (χ1) is 25.3. The third kappa shape index (κ3) is 5.71. The number of allylic oxidation sites excluding steroid dienone is 11. The van der Waals surface area contributed by atoms with E-state index in [1.54, 1.807) is 0 Å². The summed E-state index contributed by atoms with van der Waals surface area (Å²) in [4.78, 5) is 0. The first-order valence-electron chi connectivity index (χ1n) is 18.5. The van der Waals surface area contributed by atoms with E-state index in [9.17, 15) is 0 Å². The topological polar surface area (TPSA) is 9.86 Å². The molecule has 0 saturated heterocycles. The normalized spacial score (nSPS) is 15.5. The van der Waals surface area contributed by atoms with Crippen LogP contribution in [0.25, 0.3) is 66.1 Å². The molecule has 9 rings (SSSR count). The van der Waals surface area contributed by atoms with E-state index in [2.05, 4.69) is 167 Å². The maximum atomic E-state index is 4.36. The standard InChI is InChI=1S/C49H42N2/c1-2-40(32-37(36-18-8-4-9-19-36)27-26-35-16-6-3-7-17-35)50-46-24-14-12-22-42(46)44-33-38(28-30-48(44)50)39-29-31-49-45(34-39)43-23-13-15-25-47(43)51(49)41-20-10-5-11-21-41/h2,5-6,10-18,20-25,27-34H,1,3-4,7-9,19,26H2/b37-27+,40-32+. The molecular formula is C49H42N2. The van der Waals surface area contributed by atoms with Crippen LogP contribution in [-0.2, 0) is 0 Å². The van der Waals surface area contributed by atoms with E-state index in [0.29, 0.717) is 0 Å². The van der Waals surface area contributed by atoms with Crippen molar-refractivity contribution in [2.75, 3.05) is 0 Å². The van der Waals surface area contributed by atoms with Gasteiger partial charge in [-0.05, 0) is 133 Å². The van der Waals surface area contributed by atoms with Crippen molar-refractivity contribution in [1.82, 2.24) is 9.13 Å². The Labute approximate surface area is 300 Å². The average Bonchev–Trinajstić information content (AvgIpc) is 3.71. The van der Waals surface area contributed by atoms with Gasteiger partial charge in [-0.25, -0.2) is 0 Å². The molecule has 7 aromatic rings. The Morgan fingerprint density at radius 1 is 0.627 bits per heavy atom. The summed E-state index contributed by atoms with van der Waals surface area (Å²) in [6.45, 7) is 4.36. The summed E-state index contributed by atoms with van der Waals surface area (Å²) in [5.41, 5.74) is 13.8. The maximum absolute atomic E-state index is 4.36. The predicted octanol–water partition coefficient (Wildman–Crippen LogP) is 13.7. The molecule has 248 valence electrons. The molecule has 5 aromatic carbocycles. The van der Waals surface area contributed by atoms with Gasteiger partial charge in [0.15, 0.2) is 0 Å². The molecule has 0 atom stereocenters. The number of benzene rings is 5. The monoisotopic (exact) mass is 658 g/mol. The van der Waals surface area contributed by atoms with E-state index < -0.39 is 0 Å². The average molecular weight is 659 g/mol. The number of fused-ring (bicyclic) bond motifs is 6. The maximum Gasteiger partial charge on any atom is 0.0541 e. The number of rotatable bonds is 8. The van der Waals surface area contributed by atoms with Gasteiger partial charge in [-0.2, -0.15) is 0 Å². The lowest BCUT2D eigenvalue weighted by molar-refractivity contribution is 0.708. The Hall–Kier alpha value is -5.86. The Morgan fingerprint density at radius 3 is 2.02 bits per heavy atom. The minimum Gasteiger partial charge on any atom is -0.309 e. The molecule has 0 aliphatic heterocycles. The first-order valence-corrected chi connectivity index (χ1v) is 18.5. The van der Waals surface area contributed by atoms with Crippen LogP contribution in [0.15, 0.2) is 181 Å². The summed E-state index contributed by atoms with van der Waals surface area (Å²) < 4.78 is 4.79. The van der Waals surface area contributed by atoms with Gasteiger partial charge in [0.25, 0.3) is 0 Å². The van der Waals surface area contributed by atoms with Gasteiger partial charge in [-0.3, -0.25) is 0 Å². The highest BCUT2D eigenvalue weighted by atomic mass is 15.0. The fourth-order valence-corrected chi connectivity index (χ4v) is 8.24. The number of hydrogen-bond donors (Lipinski definition) is 0. The molecule has 0 saturated carbocycles. The summed E-state index contributed by atoms with van der Waals surface area (Å²) in [7, 11) is 0. The summed E-state index contributed by atoms with van der Waals surface area (Å²) in [6, 6.07) is 42.2. The highest BCUT2D eigenvalue weighted by molar-refractivity contribution is 6.13. The molecule has 0 spiro atoms. The largest absolute Gasteiger partial charge is 0.309 e. The first kappa shape index (κ1) is 31.1. The fourth-order valence-electron chi connectivity index (χ4n) is 8.24. The minimum absolute atomic E-state index is 0.953. The molecule has 2 aliphatic rings. The quantitative estimate of drug-likeness (QED) is 0.144. The number of nitrogens with zero attached hydrogens (tertiary/aromatic N) is 2. The third-order valence-electron chi connectivity index (χ3n) is 10.8. The van der Waals surface area contributed by atoms with Crippen LogP contribution in [0.2, 0.25) is 0 Å². The van der Waals surface area contributed by atoms with E-state index in [4.69, 9.17) is 0 Å². The summed E-state index contributed by atoms with van der Waals surface area (Å²) in [6.07, 6.45) is 24.4. The second-order valence-electron chi connectivity index (χ2n) is 13.9. The fraction of sp³-hybridized carbons (Fsp3) is 0.143. The molecule has 0 amide bonds. The minimum atomic E-state index is 0.953. The van der Waals surface area contributed by atoms with E-state index in [1.165, 1.54) is 90.0 Å². The Kier molecular flexibility index (Phi) is 8.22.